The van der Waals surface area contributed by atoms with Crippen molar-refractivity contribution < 1.29 is 41.0 Å². The molecule has 2 aliphatic heterocycles. The summed E-state index contributed by atoms with van der Waals surface area (Å²) in [6.45, 7) is 1.76. The number of nitrogens with zero attached hydrogens (tertiary/aromatic N) is 3. The normalized spacial score (nSPS) is 27.3. The quantitative estimate of drug-likeness (QED) is 0.715. The van der Waals surface area contributed by atoms with Gasteiger partial charge in [0, 0.05) is 33.0 Å². The number of ether oxygens (including phenoxy) is 2. The first kappa shape index (κ1) is 23.0. The van der Waals surface area contributed by atoms with Crippen LogP contribution >= 0.6 is 0 Å². The number of imidazole rings is 1. The van der Waals surface area contributed by atoms with E-state index in [0.717, 1.165) is 12.8 Å². The maximum atomic E-state index is 12.9. The molecular formula is C17H24F3N3O6S. The summed E-state index contributed by atoms with van der Waals surface area (Å²) in [6.07, 6.45) is 1.80. The number of rotatable bonds is 5. The van der Waals surface area contributed by atoms with Crippen LogP contribution < -0.4 is 0 Å². The van der Waals surface area contributed by atoms with E-state index >= 15 is 0 Å². The van der Waals surface area contributed by atoms with Crippen LogP contribution in [0.1, 0.15) is 25.7 Å². The highest BCUT2D eigenvalue weighted by atomic mass is 32.2. The van der Waals surface area contributed by atoms with Crippen molar-refractivity contribution in [3.8, 4) is 0 Å². The Kier molecular flexibility index (Phi) is 6.75. The third kappa shape index (κ3) is 5.31. The maximum Gasteiger partial charge on any atom is 0.490 e. The second kappa shape index (κ2) is 8.81. The monoisotopic (exact) mass is 455 g/mol. The number of alkyl halides is 3. The minimum absolute atomic E-state index is 0.104. The van der Waals surface area contributed by atoms with Gasteiger partial charge < -0.3 is 19.1 Å². The van der Waals surface area contributed by atoms with Gasteiger partial charge in [0.1, 0.15) is 6.10 Å². The first-order valence-electron chi connectivity index (χ1n) is 9.53. The van der Waals surface area contributed by atoms with Gasteiger partial charge in [0.05, 0.1) is 18.5 Å². The van der Waals surface area contributed by atoms with Crippen molar-refractivity contribution in [2.75, 3.05) is 19.8 Å². The van der Waals surface area contributed by atoms with Crippen molar-refractivity contribution in [2.45, 2.75) is 55.1 Å². The van der Waals surface area contributed by atoms with E-state index in [1.54, 1.807) is 22.1 Å². The molecule has 1 saturated carbocycles. The van der Waals surface area contributed by atoms with E-state index in [9.17, 15) is 21.6 Å². The highest BCUT2D eigenvalue weighted by Crippen LogP contribution is 2.36. The molecule has 0 unspecified atom stereocenters. The molecule has 4 rings (SSSR count). The first-order chi connectivity index (χ1) is 14.0. The van der Waals surface area contributed by atoms with Crippen molar-refractivity contribution in [3.63, 3.8) is 0 Å². The first-order valence-corrected chi connectivity index (χ1v) is 11.0. The van der Waals surface area contributed by atoms with Gasteiger partial charge in [0.25, 0.3) is 10.0 Å². The van der Waals surface area contributed by atoms with Gasteiger partial charge in [-0.25, -0.2) is 18.2 Å². The lowest BCUT2D eigenvalue weighted by molar-refractivity contribution is -0.192. The van der Waals surface area contributed by atoms with Crippen molar-refractivity contribution in [2.24, 2.45) is 13.0 Å². The van der Waals surface area contributed by atoms with Gasteiger partial charge in [-0.1, -0.05) is 0 Å². The van der Waals surface area contributed by atoms with Gasteiger partial charge in [-0.3, -0.25) is 0 Å². The van der Waals surface area contributed by atoms with Crippen LogP contribution in [0.4, 0.5) is 13.2 Å². The molecule has 1 aromatic heterocycles. The molecule has 0 radical (unpaired) electrons. The molecule has 3 atom stereocenters. The summed E-state index contributed by atoms with van der Waals surface area (Å²) in [5.41, 5.74) is 0. The maximum absolute atomic E-state index is 12.9. The van der Waals surface area contributed by atoms with Crippen molar-refractivity contribution in [1.82, 2.24) is 13.9 Å². The van der Waals surface area contributed by atoms with E-state index < -0.39 is 22.2 Å². The predicted molar refractivity (Wildman–Crippen MR) is 96.0 cm³/mol. The van der Waals surface area contributed by atoms with Crippen LogP contribution in [0.3, 0.4) is 0 Å². The van der Waals surface area contributed by atoms with Gasteiger partial charge in [0.15, 0.2) is 5.03 Å². The summed E-state index contributed by atoms with van der Waals surface area (Å²) >= 11 is 0. The molecule has 170 valence electrons. The minimum Gasteiger partial charge on any atom is -0.475 e. The molecule has 13 heteroatoms. The molecule has 1 aliphatic carbocycles. The van der Waals surface area contributed by atoms with E-state index in [0.29, 0.717) is 25.7 Å². The van der Waals surface area contributed by atoms with Gasteiger partial charge >= 0.3 is 12.1 Å². The lowest BCUT2D eigenvalue weighted by Gasteiger charge is -2.31. The fourth-order valence-corrected chi connectivity index (χ4v) is 5.12. The topological polar surface area (TPSA) is 111 Å². The van der Waals surface area contributed by atoms with Crippen LogP contribution in [-0.2, 0) is 31.3 Å². The number of aromatic nitrogens is 2. The molecule has 0 aromatic carbocycles. The van der Waals surface area contributed by atoms with Crippen LogP contribution in [0.15, 0.2) is 17.6 Å². The summed E-state index contributed by atoms with van der Waals surface area (Å²) in [7, 11) is -1.83. The Hall–Kier alpha value is -1.70. The predicted octanol–water partition coefficient (Wildman–Crippen LogP) is 1.40. The Labute approximate surface area is 171 Å². The highest BCUT2D eigenvalue weighted by Gasteiger charge is 2.50. The zero-order valence-electron chi connectivity index (χ0n) is 16.3. The Morgan fingerprint density at radius 3 is 2.57 bits per heavy atom. The number of carboxylic acids is 1. The van der Waals surface area contributed by atoms with Crippen LogP contribution in [-0.4, -0.2) is 77.5 Å². The number of aryl methyl sites for hydroxylation is 1. The molecule has 3 fully saturated rings. The van der Waals surface area contributed by atoms with Crippen LogP contribution in [0.25, 0.3) is 0 Å². The number of fused-ring (bicyclic) bond motifs is 1. The summed E-state index contributed by atoms with van der Waals surface area (Å²) in [5.74, 6) is -2.11. The average Bonchev–Trinajstić information content (AvgIpc) is 3.26. The number of sulfonamides is 1. The smallest absolute Gasteiger partial charge is 0.475 e. The largest absolute Gasteiger partial charge is 0.490 e. The number of halogens is 3. The van der Waals surface area contributed by atoms with E-state index in [4.69, 9.17) is 19.4 Å². The molecule has 0 bridgehead atoms. The summed E-state index contributed by atoms with van der Waals surface area (Å²) in [6, 6.07) is -0.139. The lowest BCUT2D eigenvalue weighted by atomic mass is 10.0. The summed E-state index contributed by atoms with van der Waals surface area (Å²) in [5, 5.41) is 7.23. The second-order valence-electron chi connectivity index (χ2n) is 7.62. The average molecular weight is 455 g/mol. The third-order valence-corrected chi connectivity index (χ3v) is 6.95. The molecule has 3 aliphatic rings. The Bertz CT molecular complexity index is 855. The third-order valence-electron chi connectivity index (χ3n) is 5.17. The molecule has 9 nitrogen and oxygen atoms in total. The molecule has 1 N–H and O–H groups in total. The zero-order chi connectivity index (χ0) is 22.1. The highest BCUT2D eigenvalue weighted by molar-refractivity contribution is 7.89. The van der Waals surface area contributed by atoms with Crippen LogP contribution in [0.2, 0.25) is 0 Å². The Morgan fingerprint density at radius 2 is 2.03 bits per heavy atom. The van der Waals surface area contributed by atoms with E-state index in [1.807, 2.05) is 0 Å². The van der Waals surface area contributed by atoms with E-state index in [2.05, 4.69) is 4.98 Å². The van der Waals surface area contributed by atoms with Crippen molar-refractivity contribution >= 4 is 16.0 Å². The number of hydrogen-bond acceptors (Lipinski definition) is 6. The van der Waals surface area contributed by atoms with E-state index in [1.165, 1.54) is 19.2 Å². The summed E-state index contributed by atoms with van der Waals surface area (Å²) < 4.78 is 72.7. The number of aliphatic carboxylic acids is 1. The van der Waals surface area contributed by atoms with Gasteiger partial charge in [0.2, 0.25) is 0 Å². The fourth-order valence-electron chi connectivity index (χ4n) is 3.48. The van der Waals surface area contributed by atoms with Gasteiger partial charge in [-0.2, -0.15) is 17.5 Å². The molecular weight excluding hydrogens is 431 g/mol. The number of carbonyl (C=O) groups is 1. The van der Waals surface area contributed by atoms with Gasteiger partial charge in [-0.05, 0) is 31.6 Å². The molecule has 3 heterocycles. The number of carboxylic acid groups (broad SMARTS) is 1. The Morgan fingerprint density at radius 1 is 1.37 bits per heavy atom. The second-order valence-corrected chi connectivity index (χ2v) is 9.45. The molecule has 30 heavy (non-hydrogen) atoms. The Balaban J connectivity index is 0.000000318. The van der Waals surface area contributed by atoms with Crippen molar-refractivity contribution in [3.05, 3.63) is 12.5 Å². The molecule has 0 amide bonds. The van der Waals surface area contributed by atoms with Crippen LogP contribution in [0.5, 0.6) is 0 Å². The lowest BCUT2D eigenvalue weighted by Crippen LogP contribution is -2.44. The SMILES string of the molecule is Cn1cnc(S(=O)(=O)N2C[C@H](OCC3CC3)[C@H]3OCCC[C@H]32)c1.O=C(O)C(F)(F)F. The van der Waals surface area contributed by atoms with Crippen LogP contribution in [0, 0.1) is 5.92 Å². The fraction of sp³-hybridized carbons (Fsp3) is 0.765. The summed E-state index contributed by atoms with van der Waals surface area (Å²) in [4.78, 5) is 12.9. The molecule has 1 aromatic rings. The molecule has 0 spiro atoms. The molecule has 2 saturated heterocycles. The standard InChI is InChI=1S/C15H23N3O4S.C2HF3O2/c1-17-8-14(16-10-17)23(19,20)18-7-13(22-9-11-4-5-11)15-12(18)3-2-6-21-15;3-2(4,5)1(6)7/h8,10-13,15H,2-7,9H2,1H3;(H,6,7)/t12-,13+,15+;/m1./s1. The van der Waals surface area contributed by atoms with E-state index in [-0.39, 0.29) is 23.3 Å². The zero-order valence-corrected chi connectivity index (χ0v) is 17.1. The number of hydrogen-bond donors (Lipinski definition) is 1. The van der Waals surface area contributed by atoms with Gasteiger partial charge in [-0.15, -0.1) is 0 Å². The van der Waals surface area contributed by atoms with Crippen molar-refractivity contribution in [1.29, 1.82) is 0 Å². The minimum atomic E-state index is -5.08.